The fraction of sp³-hybridized carbons (Fsp3) is 0.632. The van der Waals surface area contributed by atoms with Gasteiger partial charge in [-0.1, -0.05) is 0 Å². The van der Waals surface area contributed by atoms with Crippen molar-refractivity contribution >= 4 is 35.8 Å². The Bertz CT molecular complexity index is 585. The number of nitrogens with one attached hydrogen (secondary N) is 2. The summed E-state index contributed by atoms with van der Waals surface area (Å²) < 4.78 is 0. The number of aryl methyl sites for hydroxylation is 1. The molecular formula is C19H32IN5O. The normalized spacial score (nSPS) is 15.3. The molecule has 0 radical (unpaired) electrons. The van der Waals surface area contributed by atoms with Crippen molar-refractivity contribution in [2.24, 2.45) is 10.9 Å². The van der Waals surface area contributed by atoms with Crippen LogP contribution in [0.2, 0.25) is 0 Å². The standard InChI is InChI=1S/C19H31N5O.HI/c1-4-22-19(23-10-6-17-5-9-21-14-15(17)2)24-11-7-16(8-12-24)13-18(25)20-3;/h5,9,14,16H,4,6-8,10-13H2,1-3H3,(H,20,25)(H,22,23);1H. The number of rotatable bonds is 6. The third-order valence-electron chi connectivity index (χ3n) is 4.78. The van der Waals surface area contributed by atoms with E-state index in [-0.39, 0.29) is 29.9 Å². The van der Waals surface area contributed by atoms with Gasteiger partial charge in [0.05, 0.1) is 0 Å². The number of carbonyl (C=O) groups is 1. The zero-order valence-corrected chi connectivity index (χ0v) is 18.5. The van der Waals surface area contributed by atoms with Crippen LogP contribution in [0.15, 0.2) is 23.5 Å². The number of likely N-dealkylation sites (tertiary alicyclic amines) is 1. The highest BCUT2D eigenvalue weighted by molar-refractivity contribution is 14.0. The lowest BCUT2D eigenvalue weighted by Crippen LogP contribution is -2.46. The van der Waals surface area contributed by atoms with Gasteiger partial charge in [0.15, 0.2) is 5.96 Å². The molecule has 26 heavy (non-hydrogen) atoms. The van der Waals surface area contributed by atoms with Gasteiger partial charge in [0.2, 0.25) is 5.91 Å². The van der Waals surface area contributed by atoms with Crippen molar-refractivity contribution < 1.29 is 4.79 Å². The molecule has 0 spiro atoms. The molecule has 1 aliphatic rings. The molecular weight excluding hydrogens is 441 g/mol. The summed E-state index contributed by atoms with van der Waals surface area (Å²) in [6, 6.07) is 2.07. The van der Waals surface area contributed by atoms with Gasteiger partial charge in [0, 0.05) is 52.0 Å². The van der Waals surface area contributed by atoms with Crippen molar-refractivity contribution in [3.05, 3.63) is 29.6 Å². The van der Waals surface area contributed by atoms with Crippen LogP contribution >= 0.6 is 24.0 Å². The summed E-state index contributed by atoms with van der Waals surface area (Å²) in [6.07, 6.45) is 7.40. The number of hydrogen-bond donors (Lipinski definition) is 2. The smallest absolute Gasteiger partial charge is 0.220 e. The van der Waals surface area contributed by atoms with Crippen LogP contribution in [0, 0.1) is 12.8 Å². The average molecular weight is 473 g/mol. The molecule has 6 nitrogen and oxygen atoms in total. The number of piperidine rings is 1. The van der Waals surface area contributed by atoms with E-state index in [2.05, 4.69) is 40.4 Å². The molecule has 2 heterocycles. The predicted octanol–water partition coefficient (Wildman–Crippen LogP) is 2.36. The third-order valence-corrected chi connectivity index (χ3v) is 4.78. The minimum atomic E-state index is 0. The Morgan fingerprint density at radius 2 is 2.12 bits per heavy atom. The molecule has 0 aliphatic carbocycles. The number of hydrogen-bond acceptors (Lipinski definition) is 3. The molecule has 1 amide bonds. The first-order valence-corrected chi connectivity index (χ1v) is 9.27. The lowest BCUT2D eigenvalue weighted by Gasteiger charge is -2.34. The summed E-state index contributed by atoms with van der Waals surface area (Å²) in [4.78, 5) is 22.8. The molecule has 1 fully saturated rings. The van der Waals surface area contributed by atoms with Crippen LogP contribution in [0.4, 0.5) is 0 Å². The first-order valence-electron chi connectivity index (χ1n) is 9.27. The molecule has 1 saturated heterocycles. The Morgan fingerprint density at radius 1 is 1.38 bits per heavy atom. The Hall–Kier alpha value is -1.38. The van der Waals surface area contributed by atoms with Gasteiger partial charge < -0.3 is 15.5 Å². The van der Waals surface area contributed by atoms with Crippen LogP contribution in [0.3, 0.4) is 0 Å². The Kier molecular flexibility index (Phi) is 10.5. The quantitative estimate of drug-likeness (QED) is 0.378. The summed E-state index contributed by atoms with van der Waals surface area (Å²) in [6.45, 7) is 7.75. The highest BCUT2D eigenvalue weighted by Crippen LogP contribution is 2.20. The van der Waals surface area contributed by atoms with E-state index >= 15 is 0 Å². The van der Waals surface area contributed by atoms with Crippen LogP contribution in [0.5, 0.6) is 0 Å². The lowest BCUT2D eigenvalue weighted by molar-refractivity contribution is -0.121. The molecule has 146 valence electrons. The second-order valence-electron chi connectivity index (χ2n) is 6.60. The van der Waals surface area contributed by atoms with E-state index in [1.54, 1.807) is 7.05 Å². The largest absolute Gasteiger partial charge is 0.359 e. The number of halogens is 1. The van der Waals surface area contributed by atoms with Gasteiger partial charge in [-0.05, 0) is 56.2 Å². The molecule has 2 rings (SSSR count). The lowest BCUT2D eigenvalue weighted by atomic mass is 9.93. The maximum absolute atomic E-state index is 11.5. The van der Waals surface area contributed by atoms with Gasteiger partial charge in [-0.15, -0.1) is 24.0 Å². The molecule has 1 aliphatic heterocycles. The van der Waals surface area contributed by atoms with Crippen LogP contribution in [0.25, 0.3) is 0 Å². The molecule has 0 aromatic carbocycles. The average Bonchev–Trinajstić information content (AvgIpc) is 2.63. The zero-order valence-electron chi connectivity index (χ0n) is 16.1. The molecule has 2 N–H and O–H groups in total. The van der Waals surface area contributed by atoms with Crippen LogP contribution in [0.1, 0.15) is 37.3 Å². The van der Waals surface area contributed by atoms with E-state index in [0.29, 0.717) is 12.3 Å². The Labute approximate surface area is 174 Å². The predicted molar refractivity (Wildman–Crippen MR) is 117 cm³/mol. The van der Waals surface area contributed by atoms with Gasteiger partial charge in [-0.3, -0.25) is 14.8 Å². The van der Waals surface area contributed by atoms with Crippen molar-refractivity contribution in [1.82, 2.24) is 20.5 Å². The van der Waals surface area contributed by atoms with Crippen LogP contribution in [-0.4, -0.2) is 55.0 Å². The van der Waals surface area contributed by atoms with Crippen molar-refractivity contribution in [3.63, 3.8) is 0 Å². The zero-order chi connectivity index (χ0) is 18.1. The van der Waals surface area contributed by atoms with E-state index in [4.69, 9.17) is 4.99 Å². The first-order chi connectivity index (χ1) is 12.1. The Morgan fingerprint density at radius 3 is 2.73 bits per heavy atom. The summed E-state index contributed by atoms with van der Waals surface area (Å²) >= 11 is 0. The highest BCUT2D eigenvalue weighted by Gasteiger charge is 2.22. The molecule has 0 unspecified atom stereocenters. The molecule has 7 heteroatoms. The number of guanidine groups is 1. The van der Waals surface area contributed by atoms with E-state index in [1.165, 1.54) is 11.1 Å². The monoisotopic (exact) mass is 473 g/mol. The number of aromatic nitrogens is 1. The number of pyridine rings is 1. The number of nitrogens with zero attached hydrogens (tertiary/aromatic N) is 3. The van der Waals surface area contributed by atoms with Crippen LogP contribution < -0.4 is 10.6 Å². The third kappa shape index (κ3) is 7.09. The summed E-state index contributed by atoms with van der Waals surface area (Å²) in [5.74, 6) is 1.62. The number of amides is 1. The number of carbonyl (C=O) groups excluding carboxylic acids is 1. The van der Waals surface area contributed by atoms with Crippen molar-refractivity contribution in [2.75, 3.05) is 33.2 Å². The molecule has 1 aromatic rings. The molecule has 1 aromatic heterocycles. The minimum Gasteiger partial charge on any atom is -0.359 e. The molecule has 0 saturated carbocycles. The van der Waals surface area contributed by atoms with Gasteiger partial charge in [-0.25, -0.2) is 0 Å². The second-order valence-corrected chi connectivity index (χ2v) is 6.60. The molecule has 0 atom stereocenters. The van der Waals surface area contributed by atoms with Gasteiger partial charge in [-0.2, -0.15) is 0 Å². The van der Waals surface area contributed by atoms with Crippen LogP contribution in [-0.2, 0) is 11.2 Å². The van der Waals surface area contributed by atoms with E-state index < -0.39 is 0 Å². The SMILES string of the molecule is CCNC(=NCCc1ccncc1C)N1CCC(CC(=O)NC)CC1.I. The highest BCUT2D eigenvalue weighted by atomic mass is 127. The van der Waals surface area contributed by atoms with Crippen molar-refractivity contribution in [3.8, 4) is 0 Å². The molecule has 0 bridgehead atoms. The topological polar surface area (TPSA) is 69.6 Å². The van der Waals surface area contributed by atoms with Gasteiger partial charge in [0.25, 0.3) is 0 Å². The Balaban J connectivity index is 0.00000338. The second kappa shape index (κ2) is 12.1. The van der Waals surface area contributed by atoms with Crippen molar-refractivity contribution in [1.29, 1.82) is 0 Å². The number of aliphatic imine (C=N–C) groups is 1. The first kappa shape index (κ1) is 22.7. The minimum absolute atomic E-state index is 0. The van der Waals surface area contributed by atoms with E-state index in [1.807, 2.05) is 12.4 Å². The van der Waals surface area contributed by atoms with E-state index in [0.717, 1.165) is 51.4 Å². The van der Waals surface area contributed by atoms with Crippen molar-refractivity contribution in [2.45, 2.75) is 39.5 Å². The summed E-state index contributed by atoms with van der Waals surface area (Å²) in [5.41, 5.74) is 2.52. The van der Waals surface area contributed by atoms with E-state index in [9.17, 15) is 4.79 Å². The summed E-state index contributed by atoms with van der Waals surface area (Å²) in [5, 5.41) is 6.13. The fourth-order valence-electron chi connectivity index (χ4n) is 3.20. The van der Waals surface area contributed by atoms with Gasteiger partial charge in [0.1, 0.15) is 0 Å². The fourth-order valence-corrected chi connectivity index (χ4v) is 3.20. The maximum Gasteiger partial charge on any atom is 0.220 e. The summed E-state index contributed by atoms with van der Waals surface area (Å²) in [7, 11) is 1.71. The maximum atomic E-state index is 11.5. The van der Waals surface area contributed by atoms with Gasteiger partial charge >= 0.3 is 0 Å².